The average Bonchev–Trinajstić information content (AvgIpc) is 2.27. The number of methoxy groups -OCH3 is 2. The molecule has 0 aromatic rings. The van der Waals surface area contributed by atoms with Crippen LogP contribution >= 0.6 is 0 Å². The Morgan fingerprint density at radius 3 is 2.07 bits per heavy atom. The Morgan fingerprint density at radius 2 is 1.67 bits per heavy atom. The summed E-state index contributed by atoms with van der Waals surface area (Å²) in [6.07, 6.45) is 1.59. The van der Waals surface area contributed by atoms with E-state index in [0.29, 0.717) is 12.8 Å². The molecule has 0 bridgehead atoms. The van der Waals surface area contributed by atoms with E-state index < -0.39 is 17.9 Å². The zero-order valence-electron chi connectivity index (χ0n) is 9.33. The minimum Gasteiger partial charge on any atom is -0.468 e. The molecule has 0 aliphatic carbocycles. The first-order chi connectivity index (χ1) is 7.17. The maximum atomic E-state index is 11.2. The number of rotatable bonds is 4. The van der Waals surface area contributed by atoms with E-state index in [9.17, 15) is 9.59 Å². The lowest BCUT2D eigenvalue weighted by molar-refractivity contribution is -0.159. The highest BCUT2D eigenvalue weighted by atomic mass is 16.5. The van der Waals surface area contributed by atoms with Gasteiger partial charge in [-0.1, -0.05) is 6.92 Å². The zero-order chi connectivity index (χ0) is 11.7. The van der Waals surface area contributed by atoms with E-state index in [2.05, 4.69) is 21.3 Å². The van der Waals surface area contributed by atoms with Crippen LogP contribution in [-0.2, 0) is 19.1 Å². The van der Waals surface area contributed by atoms with Gasteiger partial charge in [0.05, 0.1) is 14.2 Å². The highest BCUT2D eigenvalue weighted by molar-refractivity contribution is 5.94. The first-order valence-corrected chi connectivity index (χ1v) is 4.78. The van der Waals surface area contributed by atoms with Crippen molar-refractivity contribution in [1.82, 2.24) is 0 Å². The SMILES string of the molecule is CCC#CCCC(C(=O)OC)C(=O)OC. The van der Waals surface area contributed by atoms with Gasteiger partial charge in [0.1, 0.15) is 0 Å². The molecule has 15 heavy (non-hydrogen) atoms. The molecule has 84 valence electrons. The standard InChI is InChI=1S/C11H16O4/c1-4-5-6-7-8-9(10(12)14-2)11(13)15-3/h9H,4,7-8H2,1-3H3. The molecule has 4 nitrogen and oxygen atoms in total. The Balaban J connectivity index is 4.26. The smallest absolute Gasteiger partial charge is 0.320 e. The molecular weight excluding hydrogens is 196 g/mol. The molecular formula is C11H16O4. The van der Waals surface area contributed by atoms with E-state index in [4.69, 9.17) is 0 Å². The van der Waals surface area contributed by atoms with Crippen LogP contribution in [-0.4, -0.2) is 26.2 Å². The number of carbonyl (C=O) groups excluding carboxylic acids is 2. The summed E-state index contributed by atoms with van der Waals surface area (Å²) in [6.45, 7) is 1.94. The fraction of sp³-hybridized carbons (Fsp3) is 0.636. The first-order valence-electron chi connectivity index (χ1n) is 4.78. The van der Waals surface area contributed by atoms with Gasteiger partial charge in [-0.25, -0.2) is 0 Å². The predicted octanol–water partition coefficient (Wildman–Crippen LogP) is 1.14. The second-order valence-corrected chi connectivity index (χ2v) is 2.84. The minimum absolute atomic E-state index is 0.340. The van der Waals surface area contributed by atoms with Crippen molar-refractivity contribution in [2.24, 2.45) is 5.92 Å². The van der Waals surface area contributed by atoms with Gasteiger partial charge in [0.2, 0.25) is 0 Å². The van der Waals surface area contributed by atoms with Crippen molar-refractivity contribution >= 4 is 11.9 Å². The van der Waals surface area contributed by atoms with Crippen molar-refractivity contribution in [2.45, 2.75) is 26.2 Å². The number of ether oxygens (including phenoxy) is 2. The second-order valence-electron chi connectivity index (χ2n) is 2.84. The van der Waals surface area contributed by atoms with Crippen molar-refractivity contribution < 1.29 is 19.1 Å². The molecule has 4 heteroatoms. The molecule has 0 aliphatic heterocycles. The second kappa shape index (κ2) is 7.86. The lowest BCUT2D eigenvalue weighted by Crippen LogP contribution is -2.26. The van der Waals surface area contributed by atoms with E-state index >= 15 is 0 Å². The fourth-order valence-corrected chi connectivity index (χ4v) is 1.05. The number of carbonyl (C=O) groups is 2. The van der Waals surface area contributed by atoms with Crippen LogP contribution in [0.2, 0.25) is 0 Å². The maximum Gasteiger partial charge on any atom is 0.320 e. The van der Waals surface area contributed by atoms with Crippen LogP contribution in [0.25, 0.3) is 0 Å². The fourth-order valence-electron chi connectivity index (χ4n) is 1.05. The normalized spacial score (nSPS) is 9.07. The van der Waals surface area contributed by atoms with Gasteiger partial charge in [-0.15, -0.1) is 11.8 Å². The van der Waals surface area contributed by atoms with E-state index in [1.807, 2.05) is 6.92 Å². The van der Waals surface area contributed by atoms with Gasteiger partial charge in [-0.2, -0.15) is 0 Å². The van der Waals surface area contributed by atoms with Crippen LogP contribution in [0.1, 0.15) is 26.2 Å². The molecule has 0 spiro atoms. The predicted molar refractivity (Wildman–Crippen MR) is 54.8 cm³/mol. The van der Waals surface area contributed by atoms with Crippen LogP contribution in [0.3, 0.4) is 0 Å². The van der Waals surface area contributed by atoms with E-state index in [-0.39, 0.29) is 0 Å². The molecule has 0 aromatic carbocycles. The summed E-state index contributed by atoms with van der Waals surface area (Å²) in [5.41, 5.74) is 0. The monoisotopic (exact) mass is 212 g/mol. The summed E-state index contributed by atoms with van der Waals surface area (Å²) in [7, 11) is 2.49. The minimum atomic E-state index is -0.855. The molecule has 0 unspecified atom stereocenters. The van der Waals surface area contributed by atoms with Crippen LogP contribution in [0.4, 0.5) is 0 Å². The topological polar surface area (TPSA) is 52.6 Å². The summed E-state index contributed by atoms with van der Waals surface area (Å²) in [5.74, 6) is 3.73. The van der Waals surface area contributed by atoms with Crippen LogP contribution in [0.15, 0.2) is 0 Å². The highest BCUT2D eigenvalue weighted by Crippen LogP contribution is 2.10. The molecule has 0 fully saturated rings. The van der Waals surface area contributed by atoms with Gasteiger partial charge < -0.3 is 9.47 Å². The zero-order valence-corrected chi connectivity index (χ0v) is 9.33. The van der Waals surface area contributed by atoms with Crippen molar-refractivity contribution in [1.29, 1.82) is 0 Å². The van der Waals surface area contributed by atoms with Crippen molar-refractivity contribution in [2.75, 3.05) is 14.2 Å². The third-order valence-electron chi connectivity index (χ3n) is 1.83. The quantitative estimate of drug-likeness (QED) is 0.398. The van der Waals surface area contributed by atoms with Gasteiger partial charge in [0.25, 0.3) is 0 Å². The molecule has 0 heterocycles. The molecule has 0 saturated heterocycles. The average molecular weight is 212 g/mol. The van der Waals surface area contributed by atoms with E-state index in [1.165, 1.54) is 14.2 Å². The largest absolute Gasteiger partial charge is 0.468 e. The highest BCUT2D eigenvalue weighted by Gasteiger charge is 2.27. The third kappa shape index (κ3) is 5.06. The lowest BCUT2D eigenvalue weighted by Gasteiger charge is -2.10. The molecule has 0 rings (SSSR count). The van der Waals surface area contributed by atoms with Crippen LogP contribution < -0.4 is 0 Å². The van der Waals surface area contributed by atoms with Gasteiger partial charge in [-0.05, 0) is 6.42 Å². The number of hydrogen-bond donors (Lipinski definition) is 0. The Hall–Kier alpha value is -1.50. The maximum absolute atomic E-state index is 11.2. The van der Waals surface area contributed by atoms with Crippen molar-refractivity contribution in [3.8, 4) is 11.8 Å². The third-order valence-corrected chi connectivity index (χ3v) is 1.83. The lowest BCUT2D eigenvalue weighted by atomic mass is 10.0. The molecule has 0 saturated carbocycles. The van der Waals surface area contributed by atoms with Crippen LogP contribution in [0, 0.1) is 17.8 Å². The number of esters is 2. The Labute approximate surface area is 89.9 Å². The van der Waals surface area contributed by atoms with E-state index in [0.717, 1.165) is 6.42 Å². The van der Waals surface area contributed by atoms with Gasteiger partial charge >= 0.3 is 11.9 Å². The molecule has 0 aromatic heterocycles. The van der Waals surface area contributed by atoms with Gasteiger partial charge in [0, 0.05) is 12.8 Å². The summed E-state index contributed by atoms with van der Waals surface area (Å²) in [5, 5.41) is 0. The van der Waals surface area contributed by atoms with Gasteiger partial charge in [0.15, 0.2) is 5.92 Å². The molecule has 0 radical (unpaired) electrons. The Kier molecular flexibility index (Phi) is 7.08. The summed E-state index contributed by atoms with van der Waals surface area (Å²) >= 11 is 0. The number of hydrogen-bond acceptors (Lipinski definition) is 4. The van der Waals surface area contributed by atoms with Crippen molar-refractivity contribution in [3.05, 3.63) is 0 Å². The van der Waals surface area contributed by atoms with Crippen molar-refractivity contribution in [3.63, 3.8) is 0 Å². The molecule has 0 amide bonds. The molecule has 0 aliphatic rings. The Bertz CT molecular complexity index is 256. The van der Waals surface area contributed by atoms with Crippen LogP contribution in [0.5, 0.6) is 0 Å². The summed E-state index contributed by atoms with van der Waals surface area (Å²) < 4.78 is 9.01. The molecule has 0 atom stereocenters. The first kappa shape index (κ1) is 13.5. The van der Waals surface area contributed by atoms with E-state index in [1.54, 1.807) is 0 Å². The Morgan fingerprint density at radius 1 is 1.13 bits per heavy atom. The summed E-state index contributed by atoms with van der Waals surface area (Å²) in [6, 6.07) is 0. The van der Waals surface area contributed by atoms with Gasteiger partial charge in [-0.3, -0.25) is 9.59 Å². The summed E-state index contributed by atoms with van der Waals surface area (Å²) in [4.78, 5) is 22.4. The molecule has 0 N–H and O–H groups in total.